The maximum atomic E-state index is 4.45. The molecule has 2 aromatic rings. The quantitative estimate of drug-likeness (QED) is 0.556. The number of hydrogen-bond donors (Lipinski definition) is 0. The van der Waals surface area contributed by atoms with E-state index in [9.17, 15) is 0 Å². The Balaban J connectivity index is 2.35. The summed E-state index contributed by atoms with van der Waals surface area (Å²) in [6.07, 6.45) is 3.59. The maximum Gasteiger partial charge on any atom is 0.129 e. The SMILES string of the molecule is C[Si](C)(C)C#Cc1ccnc(-c2cc(C#C[Si](C)(C)C)ccn2)c1. The highest BCUT2D eigenvalue weighted by Gasteiger charge is 2.09. The summed E-state index contributed by atoms with van der Waals surface area (Å²) in [5, 5.41) is 0. The number of hydrogen-bond acceptors (Lipinski definition) is 2. The van der Waals surface area contributed by atoms with Gasteiger partial charge >= 0.3 is 0 Å². The van der Waals surface area contributed by atoms with Gasteiger partial charge in [-0.15, -0.1) is 11.1 Å². The van der Waals surface area contributed by atoms with E-state index in [0.717, 1.165) is 22.5 Å². The molecule has 2 rings (SSSR count). The fraction of sp³-hybridized carbons (Fsp3) is 0.300. The lowest BCUT2D eigenvalue weighted by molar-refractivity contribution is 1.24. The first kappa shape index (κ1) is 18.2. The molecule has 0 amide bonds. The van der Waals surface area contributed by atoms with Crippen LogP contribution in [0.15, 0.2) is 36.7 Å². The van der Waals surface area contributed by atoms with E-state index in [4.69, 9.17) is 0 Å². The van der Waals surface area contributed by atoms with Crippen LogP contribution in [0.2, 0.25) is 39.3 Å². The van der Waals surface area contributed by atoms with Crippen LogP contribution in [-0.2, 0) is 0 Å². The van der Waals surface area contributed by atoms with Crippen LogP contribution in [0.1, 0.15) is 11.1 Å². The second kappa shape index (κ2) is 7.17. The van der Waals surface area contributed by atoms with Crippen molar-refractivity contribution >= 4 is 16.1 Å². The maximum absolute atomic E-state index is 4.45. The van der Waals surface area contributed by atoms with Gasteiger partial charge in [0.25, 0.3) is 0 Å². The molecular weight excluding hydrogens is 324 g/mol. The van der Waals surface area contributed by atoms with E-state index in [1.54, 1.807) is 12.4 Å². The van der Waals surface area contributed by atoms with Gasteiger partial charge in [0.15, 0.2) is 0 Å². The van der Waals surface area contributed by atoms with Crippen LogP contribution in [0.3, 0.4) is 0 Å². The summed E-state index contributed by atoms with van der Waals surface area (Å²) in [5.74, 6) is 6.55. The van der Waals surface area contributed by atoms with Crippen molar-refractivity contribution in [2.24, 2.45) is 0 Å². The molecule has 0 aliphatic carbocycles. The summed E-state index contributed by atoms with van der Waals surface area (Å²) in [6.45, 7) is 13.4. The molecule has 4 heteroatoms. The molecule has 0 aliphatic rings. The Morgan fingerprint density at radius 2 is 1.04 bits per heavy atom. The van der Waals surface area contributed by atoms with Crippen molar-refractivity contribution in [3.05, 3.63) is 47.8 Å². The van der Waals surface area contributed by atoms with Crippen molar-refractivity contribution in [3.63, 3.8) is 0 Å². The molecule has 0 unspecified atom stereocenters. The summed E-state index contributed by atoms with van der Waals surface area (Å²) in [5.41, 5.74) is 10.4. The van der Waals surface area contributed by atoms with Gasteiger partial charge < -0.3 is 0 Å². The monoisotopic (exact) mass is 348 g/mol. The van der Waals surface area contributed by atoms with Crippen molar-refractivity contribution in [2.75, 3.05) is 0 Å². The van der Waals surface area contributed by atoms with Crippen LogP contribution in [0.5, 0.6) is 0 Å². The van der Waals surface area contributed by atoms with Gasteiger partial charge in [-0.25, -0.2) is 0 Å². The van der Waals surface area contributed by atoms with E-state index in [1.165, 1.54) is 0 Å². The van der Waals surface area contributed by atoms with Crippen LogP contribution < -0.4 is 0 Å². The Hall–Kier alpha value is -2.15. The van der Waals surface area contributed by atoms with E-state index in [-0.39, 0.29) is 0 Å². The molecule has 0 saturated heterocycles. The van der Waals surface area contributed by atoms with Gasteiger partial charge in [0.05, 0.1) is 11.4 Å². The molecule has 0 radical (unpaired) electrons. The minimum Gasteiger partial charge on any atom is -0.255 e. The van der Waals surface area contributed by atoms with Crippen molar-refractivity contribution in [3.8, 4) is 34.3 Å². The van der Waals surface area contributed by atoms with Crippen molar-refractivity contribution in [2.45, 2.75) is 39.3 Å². The molecule has 0 N–H and O–H groups in total. The topological polar surface area (TPSA) is 25.8 Å². The molecule has 24 heavy (non-hydrogen) atoms. The Kier molecular flexibility index (Phi) is 5.44. The molecule has 2 nitrogen and oxygen atoms in total. The fourth-order valence-corrected chi connectivity index (χ4v) is 2.85. The molecule has 0 atom stereocenters. The second-order valence-electron chi connectivity index (χ2n) is 7.86. The standard InChI is InChI=1S/C20H24N2Si2/c1-23(2,3)13-9-17-7-11-21-19(15-17)20-16-18(8-12-22-20)10-14-24(4,5)6/h7-8,11-12,15-16H,1-6H3. The van der Waals surface area contributed by atoms with Crippen molar-refractivity contribution in [1.82, 2.24) is 9.97 Å². The molecule has 0 fully saturated rings. The Morgan fingerprint density at radius 3 is 1.38 bits per heavy atom. The molecule has 0 spiro atoms. The minimum atomic E-state index is -1.39. The molecule has 0 bridgehead atoms. The van der Waals surface area contributed by atoms with E-state index < -0.39 is 16.1 Å². The molecule has 0 aliphatic heterocycles. The summed E-state index contributed by atoms with van der Waals surface area (Å²) in [6, 6.07) is 7.91. The Labute approximate surface area is 147 Å². The summed E-state index contributed by atoms with van der Waals surface area (Å²) < 4.78 is 0. The van der Waals surface area contributed by atoms with Gasteiger partial charge in [0, 0.05) is 23.5 Å². The lowest BCUT2D eigenvalue weighted by Gasteiger charge is -2.05. The zero-order valence-corrected chi connectivity index (χ0v) is 17.4. The first-order valence-corrected chi connectivity index (χ1v) is 15.1. The third-order valence-electron chi connectivity index (χ3n) is 2.95. The van der Waals surface area contributed by atoms with Crippen LogP contribution in [0.4, 0.5) is 0 Å². The second-order valence-corrected chi connectivity index (χ2v) is 17.4. The third-order valence-corrected chi connectivity index (χ3v) is 4.70. The summed E-state index contributed by atoms with van der Waals surface area (Å²) in [4.78, 5) is 8.89. The van der Waals surface area contributed by atoms with Gasteiger partial charge in [0.1, 0.15) is 16.1 Å². The molecule has 0 saturated carbocycles. The highest BCUT2D eigenvalue weighted by atomic mass is 28.3. The molecule has 122 valence electrons. The molecular formula is C20H24N2Si2. The minimum absolute atomic E-state index is 0.842. The zero-order chi connectivity index (χ0) is 17.8. The van der Waals surface area contributed by atoms with E-state index in [1.807, 2.05) is 24.3 Å². The van der Waals surface area contributed by atoms with Gasteiger partial charge in [-0.05, 0) is 24.3 Å². The Bertz CT molecular complexity index is 778. The number of pyridine rings is 2. The average Bonchev–Trinajstić information content (AvgIpc) is 2.50. The largest absolute Gasteiger partial charge is 0.255 e. The van der Waals surface area contributed by atoms with Crippen LogP contribution in [0, 0.1) is 22.9 Å². The average molecular weight is 349 g/mol. The third kappa shape index (κ3) is 6.16. The first-order chi connectivity index (χ1) is 11.1. The number of nitrogens with zero attached hydrogens (tertiary/aromatic N) is 2. The van der Waals surface area contributed by atoms with Gasteiger partial charge in [-0.1, -0.05) is 51.1 Å². The predicted octanol–water partition coefficient (Wildman–Crippen LogP) is 4.60. The van der Waals surface area contributed by atoms with Crippen molar-refractivity contribution < 1.29 is 0 Å². The van der Waals surface area contributed by atoms with E-state index in [2.05, 4.69) is 72.2 Å². The summed E-state index contributed by atoms with van der Waals surface area (Å²) >= 11 is 0. The highest BCUT2D eigenvalue weighted by Crippen LogP contribution is 2.16. The van der Waals surface area contributed by atoms with E-state index in [0.29, 0.717) is 0 Å². The lowest BCUT2D eigenvalue weighted by atomic mass is 10.1. The fourth-order valence-electron chi connectivity index (χ4n) is 1.82. The lowest BCUT2D eigenvalue weighted by Crippen LogP contribution is -2.16. The van der Waals surface area contributed by atoms with Gasteiger partial charge in [-0.2, -0.15) is 0 Å². The van der Waals surface area contributed by atoms with Gasteiger partial charge in [-0.3, -0.25) is 9.97 Å². The van der Waals surface area contributed by atoms with Crippen molar-refractivity contribution in [1.29, 1.82) is 0 Å². The Morgan fingerprint density at radius 1 is 0.667 bits per heavy atom. The number of aromatic nitrogens is 2. The normalized spacial score (nSPS) is 11.1. The van der Waals surface area contributed by atoms with E-state index >= 15 is 0 Å². The van der Waals surface area contributed by atoms with Crippen LogP contribution in [-0.4, -0.2) is 26.1 Å². The van der Waals surface area contributed by atoms with Gasteiger partial charge in [0.2, 0.25) is 0 Å². The number of rotatable bonds is 1. The molecule has 2 heterocycles. The molecule has 2 aromatic heterocycles. The zero-order valence-electron chi connectivity index (χ0n) is 15.4. The first-order valence-electron chi connectivity index (χ1n) is 8.11. The van der Waals surface area contributed by atoms with Crippen LogP contribution in [0.25, 0.3) is 11.4 Å². The smallest absolute Gasteiger partial charge is 0.129 e. The summed E-state index contributed by atoms with van der Waals surface area (Å²) in [7, 11) is -2.77. The highest BCUT2D eigenvalue weighted by molar-refractivity contribution is 6.84. The van der Waals surface area contributed by atoms with Crippen LogP contribution >= 0.6 is 0 Å². The molecule has 0 aromatic carbocycles. The predicted molar refractivity (Wildman–Crippen MR) is 108 cm³/mol.